The van der Waals surface area contributed by atoms with E-state index in [-0.39, 0.29) is 29.8 Å². The number of methoxy groups -OCH3 is 1. The van der Waals surface area contributed by atoms with Gasteiger partial charge in [0, 0.05) is 18.6 Å². The van der Waals surface area contributed by atoms with Gasteiger partial charge < -0.3 is 9.57 Å². The second-order valence-corrected chi connectivity index (χ2v) is 6.98. The first kappa shape index (κ1) is 18.6. The fourth-order valence-corrected chi connectivity index (χ4v) is 4.29. The van der Waals surface area contributed by atoms with Crippen molar-refractivity contribution in [3.8, 4) is 0 Å². The average Bonchev–Trinajstić information content (AvgIpc) is 2.90. The Balaban J connectivity index is 2.04. The number of hydrogen-bond acceptors (Lipinski definition) is 6. The van der Waals surface area contributed by atoms with Crippen LogP contribution < -0.4 is 0 Å². The Morgan fingerprint density at radius 1 is 1.42 bits per heavy atom. The maximum absolute atomic E-state index is 12.9. The smallest absolute Gasteiger partial charge is 0.312 e. The van der Waals surface area contributed by atoms with Crippen molar-refractivity contribution in [2.75, 3.05) is 13.7 Å². The topological polar surface area (TPSA) is 82.0 Å². The van der Waals surface area contributed by atoms with Crippen molar-refractivity contribution >= 4 is 23.8 Å². The third-order valence-corrected chi connectivity index (χ3v) is 5.28. The number of carbonyl (C=O) groups excluding carboxylic acids is 3. The Hall–Kier alpha value is -1.72. The zero-order valence-corrected chi connectivity index (χ0v) is 14.7. The normalized spacial score (nSPS) is 32.9. The molecule has 0 radical (unpaired) electrons. The molecule has 4 unspecified atom stereocenters. The number of ether oxygens (including phenoxy) is 1. The molecule has 4 atom stereocenters. The van der Waals surface area contributed by atoms with E-state index in [4.69, 9.17) is 9.57 Å². The molecule has 0 amide bonds. The molecule has 2 saturated carbocycles. The van der Waals surface area contributed by atoms with Crippen molar-refractivity contribution in [3.05, 3.63) is 0 Å². The number of esters is 1. The van der Waals surface area contributed by atoms with Gasteiger partial charge in [-0.05, 0) is 44.9 Å². The zero-order valence-electron chi connectivity index (χ0n) is 14.7. The van der Waals surface area contributed by atoms with Gasteiger partial charge in [-0.1, -0.05) is 12.1 Å². The van der Waals surface area contributed by atoms with E-state index < -0.39 is 17.3 Å². The number of carbonyl (C=O) groups is 3. The molecule has 2 fully saturated rings. The molecule has 0 aromatic carbocycles. The predicted molar refractivity (Wildman–Crippen MR) is 88.4 cm³/mol. The lowest BCUT2D eigenvalue weighted by atomic mass is 9.63. The first-order valence-electron chi connectivity index (χ1n) is 8.75. The van der Waals surface area contributed by atoms with E-state index in [1.165, 1.54) is 7.11 Å². The van der Waals surface area contributed by atoms with E-state index >= 15 is 0 Å². The molecule has 0 aromatic rings. The zero-order chi connectivity index (χ0) is 17.7. The van der Waals surface area contributed by atoms with Crippen molar-refractivity contribution in [2.24, 2.45) is 28.3 Å². The molecule has 0 bridgehead atoms. The highest BCUT2D eigenvalue weighted by Crippen LogP contribution is 2.54. The second-order valence-electron chi connectivity index (χ2n) is 6.98. The van der Waals surface area contributed by atoms with Crippen molar-refractivity contribution in [2.45, 2.75) is 52.4 Å². The number of hydrogen-bond donors (Lipinski definition) is 0. The van der Waals surface area contributed by atoms with Gasteiger partial charge in [0.1, 0.15) is 18.2 Å². The molecular weight excluding hydrogens is 310 g/mol. The van der Waals surface area contributed by atoms with Crippen molar-refractivity contribution in [1.29, 1.82) is 0 Å². The quantitative estimate of drug-likeness (QED) is 0.234. The van der Waals surface area contributed by atoms with Gasteiger partial charge >= 0.3 is 5.97 Å². The highest BCUT2D eigenvalue weighted by Gasteiger charge is 2.60. The van der Waals surface area contributed by atoms with Crippen LogP contribution in [0.5, 0.6) is 0 Å². The number of Topliss-reactive ketones (excluding diaryl/α,β-unsaturated/α-hetero) is 2. The SMILES string of the molecule is CCON=CCCCC1C(=O)CC2(C(=O)OC)CC(C)CC2C1=O. The van der Waals surface area contributed by atoms with Crippen LogP contribution in [0.2, 0.25) is 0 Å². The van der Waals surface area contributed by atoms with Crippen molar-refractivity contribution in [3.63, 3.8) is 0 Å². The Morgan fingerprint density at radius 2 is 2.17 bits per heavy atom. The lowest BCUT2D eigenvalue weighted by Gasteiger charge is -2.38. The highest BCUT2D eigenvalue weighted by molar-refractivity contribution is 6.10. The maximum Gasteiger partial charge on any atom is 0.312 e. The Bertz CT molecular complexity index is 530. The molecule has 2 rings (SSSR count). The van der Waals surface area contributed by atoms with Gasteiger partial charge in [-0.3, -0.25) is 14.4 Å². The summed E-state index contributed by atoms with van der Waals surface area (Å²) in [5.74, 6) is -1.29. The van der Waals surface area contributed by atoms with Crippen LogP contribution in [0.3, 0.4) is 0 Å². The van der Waals surface area contributed by atoms with E-state index in [1.807, 2.05) is 13.8 Å². The number of nitrogens with zero attached hydrogens (tertiary/aromatic N) is 1. The standard InChI is InChI=1S/C18H27NO5/c1-4-24-19-8-6-5-7-13-15(20)11-18(17(22)23-3)10-12(2)9-14(18)16(13)21/h8,12-14H,4-7,9-11H2,1-3H3. The summed E-state index contributed by atoms with van der Waals surface area (Å²) in [5.41, 5.74) is -0.921. The first-order chi connectivity index (χ1) is 11.5. The molecule has 6 heteroatoms. The Kier molecular flexibility index (Phi) is 6.13. The summed E-state index contributed by atoms with van der Waals surface area (Å²) in [5, 5.41) is 3.76. The maximum atomic E-state index is 12.9. The van der Waals surface area contributed by atoms with Crippen LogP contribution in [0.15, 0.2) is 5.16 Å². The third-order valence-electron chi connectivity index (χ3n) is 5.28. The van der Waals surface area contributed by atoms with E-state index in [9.17, 15) is 14.4 Å². The summed E-state index contributed by atoms with van der Waals surface area (Å²) >= 11 is 0. The van der Waals surface area contributed by atoms with Gasteiger partial charge in [-0.25, -0.2) is 0 Å². The minimum Gasteiger partial charge on any atom is -0.469 e. The molecule has 0 aromatic heterocycles. The number of ketones is 2. The summed E-state index contributed by atoms with van der Waals surface area (Å²) in [6.45, 7) is 4.40. The predicted octanol–water partition coefficient (Wildman–Crippen LogP) is 2.54. The summed E-state index contributed by atoms with van der Waals surface area (Å²) in [6.07, 6.45) is 4.92. The van der Waals surface area contributed by atoms with Gasteiger partial charge in [-0.15, -0.1) is 0 Å². The van der Waals surface area contributed by atoms with Crippen LogP contribution in [0, 0.1) is 23.2 Å². The number of fused-ring (bicyclic) bond motifs is 1. The second kappa shape index (κ2) is 7.90. The van der Waals surface area contributed by atoms with Crippen LogP contribution in [0.4, 0.5) is 0 Å². The average molecular weight is 337 g/mol. The summed E-state index contributed by atoms with van der Waals surface area (Å²) in [4.78, 5) is 42.6. The van der Waals surface area contributed by atoms with Crippen LogP contribution in [0.1, 0.15) is 52.4 Å². The van der Waals surface area contributed by atoms with E-state index in [0.717, 1.165) is 0 Å². The lowest BCUT2D eigenvalue weighted by molar-refractivity contribution is -0.165. The molecule has 0 aliphatic heterocycles. The van der Waals surface area contributed by atoms with Crippen molar-refractivity contribution < 1.29 is 24.0 Å². The van der Waals surface area contributed by atoms with E-state index in [1.54, 1.807) is 6.21 Å². The lowest BCUT2D eigenvalue weighted by Crippen LogP contribution is -2.50. The molecule has 0 saturated heterocycles. The molecular formula is C18H27NO5. The number of oxime groups is 1. The van der Waals surface area contributed by atoms with Crippen LogP contribution in [-0.4, -0.2) is 37.5 Å². The van der Waals surface area contributed by atoms with Crippen molar-refractivity contribution in [1.82, 2.24) is 0 Å². The van der Waals surface area contributed by atoms with E-state index in [0.29, 0.717) is 38.7 Å². The van der Waals surface area contributed by atoms with Crippen LogP contribution >= 0.6 is 0 Å². The third kappa shape index (κ3) is 3.52. The Morgan fingerprint density at radius 3 is 2.83 bits per heavy atom. The monoisotopic (exact) mass is 337 g/mol. The van der Waals surface area contributed by atoms with Gasteiger partial charge in [-0.2, -0.15) is 0 Å². The molecule has 134 valence electrons. The molecule has 0 spiro atoms. The fraction of sp³-hybridized carbons (Fsp3) is 0.778. The molecule has 2 aliphatic carbocycles. The highest BCUT2D eigenvalue weighted by atomic mass is 16.6. The van der Waals surface area contributed by atoms with Gasteiger partial charge in [0.15, 0.2) is 0 Å². The summed E-state index contributed by atoms with van der Waals surface area (Å²) in [7, 11) is 1.33. The molecule has 0 heterocycles. The number of rotatable bonds is 7. The fourth-order valence-electron chi connectivity index (χ4n) is 4.29. The molecule has 2 aliphatic rings. The molecule has 6 nitrogen and oxygen atoms in total. The van der Waals surface area contributed by atoms with Crippen LogP contribution in [-0.2, 0) is 24.0 Å². The minimum atomic E-state index is -0.921. The van der Waals surface area contributed by atoms with E-state index in [2.05, 4.69) is 5.16 Å². The number of unbranched alkanes of at least 4 members (excludes halogenated alkanes) is 1. The molecule has 24 heavy (non-hydrogen) atoms. The largest absolute Gasteiger partial charge is 0.469 e. The van der Waals surface area contributed by atoms with Gasteiger partial charge in [0.2, 0.25) is 0 Å². The Labute approximate surface area is 142 Å². The molecule has 0 N–H and O–H groups in total. The van der Waals surface area contributed by atoms with Gasteiger partial charge in [0.25, 0.3) is 0 Å². The summed E-state index contributed by atoms with van der Waals surface area (Å²) < 4.78 is 4.94. The minimum absolute atomic E-state index is 0.0669. The summed E-state index contributed by atoms with van der Waals surface area (Å²) in [6, 6.07) is 0. The van der Waals surface area contributed by atoms with Crippen LogP contribution in [0.25, 0.3) is 0 Å². The first-order valence-corrected chi connectivity index (χ1v) is 8.75. The van der Waals surface area contributed by atoms with Gasteiger partial charge in [0.05, 0.1) is 18.4 Å².